The Balaban J connectivity index is 1.82. The number of benzene rings is 2. The van der Waals surface area contributed by atoms with Crippen molar-refractivity contribution < 1.29 is 9.53 Å². The third-order valence-electron chi connectivity index (χ3n) is 5.47. The maximum atomic E-state index is 12.4. The Hall–Kier alpha value is -2.53. The number of fused-ring (bicyclic) bond motifs is 1. The van der Waals surface area contributed by atoms with Crippen molar-refractivity contribution >= 4 is 29.4 Å². The predicted octanol–water partition coefficient (Wildman–Crippen LogP) is 4.83. The molecule has 0 saturated carbocycles. The molecule has 3 rings (SSSR count). The van der Waals surface area contributed by atoms with Crippen LogP contribution in [0.2, 0.25) is 5.02 Å². The van der Waals surface area contributed by atoms with Gasteiger partial charge in [-0.1, -0.05) is 30.7 Å². The van der Waals surface area contributed by atoms with Gasteiger partial charge in [0, 0.05) is 23.8 Å². The number of para-hydroxylation sites is 1. The van der Waals surface area contributed by atoms with Crippen molar-refractivity contribution in [2.75, 3.05) is 19.1 Å². The molecule has 2 aromatic carbocycles. The largest absolute Gasteiger partial charge is 0.496 e. The number of amides is 1. The van der Waals surface area contributed by atoms with Crippen LogP contribution < -0.4 is 15.1 Å². The Labute approximate surface area is 171 Å². The van der Waals surface area contributed by atoms with Crippen LogP contribution in [-0.2, 0) is 0 Å². The van der Waals surface area contributed by atoms with E-state index >= 15 is 0 Å². The number of rotatable bonds is 4. The number of ether oxygens (including phenoxy) is 1. The Kier molecular flexibility index (Phi) is 5.66. The second-order valence-electron chi connectivity index (χ2n) is 7.81. The van der Waals surface area contributed by atoms with E-state index < -0.39 is 0 Å². The molecule has 1 unspecified atom stereocenters. The molecular weight excluding hydrogens is 374 g/mol. The predicted molar refractivity (Wildman–Crippen MR) is 115 cm³/mol. The van der Waals surface area contributed by atoms with Crippen molar-refractivity contribution in [2.45, 2.75) is 38.6 Å². The van der Waals surface area contributed by atoms with Crippen molar-refractivity contribution in [2.24, 2.45) is 5.10 Å². The molecule has 0 radical (unpaired) electrons. The molecule has 5 nitrogen and oxygen atoms in total. The third-order valence-corrected chi connectivity index (χ3v) is 5.80. The maximum absolute atomic E-state index is 12.4. The SMILES string of the molecule is COc1ccccc1C(=O)N/N=C\c1cc2c(cc1Cl)N(C)C(C)(C)CC2C. The lowest BCUT2D eigenvalue weighted by atomic mass is 9.80. The molecule has 0 aromatic heterocycles. The van der Waals surface area contributed by atoms with Crippen LogP contribution >= 0.6 is 11.6 Å². The standard InChI is InChI=1S/C22H26ClN3O2/c1-14-12-22(2,3)26(4)19-11-18(23)15(10-17(14)19)13-24-25-21(27)16-8-6-7-9-20(16)28-5/h6-11,13-14H,12H2,1-5H3,(H,25,27)/b24-13-. The first-order chi connectivity index (χ1) is 13.2. The van der Waals surface area contributed by atoms with Crippen LogP contribution in [0.3, 0.4) is 0 Å². The molecular formula is C22H26ClN3O2. The molecule has 1 aliphatic rings. The van der Waals surface area contributed by atoms with Crippen molar-refractivity contribution in [1.29, 1.82) is 0 Å². The van der Waals surface area contributed by atoms with E-state index in [1.54, 1.807) is 24.4 Å². The van der Waals surface area contributed by atoms with Crippen LogP contribution in [0.1, 0.15) is 54.6 Å². The number of nitrogens with zero attached hydrogens (tertiary/aromatic N) is 2. The summed E-state index contributed by atoms with van der Waals surface area (Å²) in [4.78, 5) is 14.6. The second kappa shape index (κ2) is 7.84. The zero-order valence-corrected chi connectivity index (χ0v) is 17.7. The van der Waals surface area contributed by atoms with Crippen LogP contribution in [0, 0.1) is 0 Å². The number of hydrogen-bond acceptors (Lipinski definition) is 4. The van der Waals surface area contributed by atoms with Crippen molar-refractivity contribution in [3.05, 3.63) is 58.1 Å². The number of hydrogen-bond donors (Lipinski definition) is 1. The average molecular weight is 400 g/mol. The molecule has 1 heterocycles. The summed E-state index contributed by atoms with van der Waals surface area (Å²) >= 11 is 6.50. The molecule has 0 saturated heterocycles. The van der Waals surface area contributed by atoms with Gasteiger partial charge in [0.25, 0.3) is 5.91 Å². The number of halogens is 1. The van der Waals surface area contributed by atoms with Gasteiger partial charge in [-0.15, -0.1) is 0 Å². The quantitative estimate of drug-likeness (QED) is 0.591. The topological polar surface area (TPSA) is 53.9 Å². The smallest absolute Gasteiger partial charge is 0.275 e. The highest BCUT2D eigenvalue weighted by molar-refractivity contribution is 6.33. The molecule has 1 atom stereocenters. The normalized spacial score (nSPS) is 18.1. The van der Waals surface area contributed by atoms with Crippen molar-refractivity contribution in [3.8, 4) is 5.75 Å². The Morgan fingerprint density at radius 2 is 2.07 bits per heavy atom. The number of hydrazone groups is 1. The fourth-order valence-electron chi connectivity index (χ4n) is 3.76. The monoisotopic (exact) mass is 399 g/mol. The van der Waals surface area contributed by atoms with Gasteiger partial charge >= 0.3 is 0 Å². The van der Waals surface area contributed by atoms with Crippen LogP contribution in [0.25, 0.3) is 0 Å². The molecule has 1 aliphatic heterocycles. The van der Waals surface area contributed by atoms with Crippen LogP contribution in [-0.4, -0.2) is 31.8 Å². The lowest BCUT2D eigenvalue weighted by Gasteiger charge is -2.45. The summed E-state index contributed by atoms with van der Waals surface area (Å²) in [7, 11) is 3.63. The molecule has 0 spiro atoms. The average Bonchev–Trinajstić information content (AvgIpc) is 2.66. The van der Waals surface area contributed by atoms with Gasteiger partial charge in [-0.05, 0) is 56.0 Å². The summed E-state index contributed by atoms with van der Waals surface area (Å²) in [5.74, 6) is 0.577. The van der Waals surface area contributed by atoms with Crippen LogP contribution in [0.4, 0.5) is 5.69 Å². The van der Waals surface area contributed by atoms with Gasteiger partial charge < -0.3 is 9.64 Å². The Bertz CT molecular complexity index is 924. The highest BCUT2D eigenvalue weighted by atomic mass is 35.5. The number of nitrogens with one attached hydrogen (secondary N) is 1. The maximum Gasteiger partial charge on any atom is 0.275 e. The summed E-state index contributed by atoms with van der Waals surface area (Å²) in [6.07, 6.45) is 2.64. The minimum absolute atomic E-state index is 0.0774. The summed E-state index contributed by atoms with van der Waals surface area (Å²) in [6.45, 7) is 6.71. The van der Waals surface area contributed by atoms with E-state index in [-0.39, 0.29) is 11.4 Å². The van der Waals surface area contributed by atoms with E-state index in [9.17, 15) is 4.79 Å². The van der Waals surface area contributed by atoms with Gasteiger partial charge in [0.15, 0.2) is 0 Å². The Morgan fingerprint density at radius 1 is 1.36 bits per heavy atom. The van der Waals surface area contributed by atoms with E-state index in [2.05, 4.69) is 49.3 Å². The number of carbonyl (C=O) groups is 1. The fourth-order valence-corrected chi connectivity index (χ4v) is 3.96. The molecule has 1 amide bonds. The lowest BCUT2D eigenvalue weighted by Crippen LogP contribution is -2.45. The van der Waals surface area contributed by atoms with Gasteiger partial charge in [-0.2, -0.15) is 5.10 Å². The molecule has 0 aliphatic carbocycles. The molecule has 6 heteroatoms. The zero-order chi connectivity index (χ0) is 20.5. The van der Waals surface area contributed by atoms with E-state index in [0.29, 0.717) is 22.3 Å². The molecule has 2 aromatic rings. The van der Waals surface area contributed by atoms with E-state index in [1.807, 2.05) is 12.1 Å². The molecule has 0 bridgehead atoms. The van der Waals surface area contributed by atoms with Gasteiger partial charge in [-0.25, -0.2) is 5.43 Å². The van der Waals surface area contributed by atoms with E-state index in [1.165, 1.54) is 12.7 Å². The summed E-state index contributed by atoms with van der Waals surface area (Å²) in [6, 6.07) is 11.1. The summed E-state index contributed by atoms with van der Waals surface area (Å²) < 4.78 is 5.21. The number of methoxy groups -OCH3 is 1. The van der Waals surface area contributed by atoms with Crippen molar-refractivity contribution in [1.82, 2.24) is 5.43 Å². The minimum Gasteiger partial charge on any atom is -0.496 e. The first-order valence-electron chi connectivity index (χ1n) is 9.28. The van der Waals surface area contributed by atoms with E-state index in [4.69, 9.17) is 16.3 Å². The highest BCUT2D eigenvalue weighted by Gasteiger charge is 2.34. The molecule has 1 N–H and O–H groups in total. The summed E-state index contributed by atoms with van der Waals surface area (Å²) in [5, 5.41) is 4.70. The zero-order valence-electron chi connectivity index (χ0n) is 16.9. The number of anilines is 1. The molecule has 148 valence electrons. The van der Waals surface area contributed by atoms with E-state index in [0.717, 1.165) is 17.7 Å². The third kappa shape index (κ3) is 3.85. The summed E-state index contributed by atoms with van der Waals surface area (Å²) in [5.41, 5.74) is 6.21. The van der Waals surface area contributed by atoms with Gasteiger partial charge in [0.05, 0.1) is 23.9 Å². The number of carbonyl (C=O) groups excluding carboxylic acids is 1. The first-order valence-corrected chi connectivity index (χ1v) is 9.66. The van der Waals surface area contributed by atoms with Gasteiger partial charge in [-0.3, -0.25) is 4.79 Å². The fraction of sp³-hybridized carbons (Fsp3) is 0.364. The van der Waals surface area contributed by atoms with Gasteiger partial charge in [0.1, 0.15) is 5.75 Å². The van der Waals surface area contributed by atoms with Crippen molar-refractivity contribution in [3.63, 3.8) is 0 Å². The molecule has 28 heavy (non-hydrogen) atoms. The lowest BCUT2D eigenvalue weighted by molar-refractivity contribution is 0.0952. The van der Waals surface area contributed by atoms with Crippen LogP contribution in [0.5, 0.6) is 5.75 Å². The Morgan fingerprint density at radius 3 is 2.79 bits per heavy atom. The minimum atomic E-state index is -0.336. The second-order valence-corrected chi connectivity index (χ2v) is 8.22. The van der Waals surface area contributed by atoms with Gasteiger partial charge in [0.2, 0.25) is 0 Å². The first kappa shape index (κ1) is 20.2. The highest BCUT2D eigenvalue weighted by Crippen LogP contribution is 2.44. The van der Waals surface area contributed by atoms with Crippen LogP contribution in [0.15, 0.2) is 41.5 Å². The molecule has 0 fully saturated rings.